The molecule has 37 heavy (non-hydrogen) atoms. The van der Waals surface area contributed by atoms with Crippen LogP contribution in [0.15, 0.2) is 42.7 Å². The Morgan fingerprint density at radius 1 is 1.22 bits per heavy atom. The lowest BCUT2D eigenvalue weighted by Gasteiger charge is -2.36. The van der Waals surface area contributed by atoms with Crippen molar-refractivity contribution in [3.05, 3.63) is 53.9 Å². The molecular weight excluding hydrogens is 488 g/mol. The van der Waals surface area contributed by atoms with E-state index >= 15 is 0 Å². The number of alkyl halides is 2. The van der Waals surface area contributed by atoms with Crippen LogP contribution in [0.5, 0.6) is 0 Å². The lowest BCUT2D eigenvalue weighted by Crippen LogP contribution is -2.51. The second-order valence-corrected chi connectivity index (χ2v) is 8.52. The van der Waals surface area contributed by atoms with Gasteiger partial charge in [-0.15, -0.1) is 10.2 Å². The van der Waals surface area contributed by atoms with Crippen LogP contribution in [-0.4, -0.2) is 79.9 Å². The van der Waals surface area contributed by atoms with Gasteiger partial charge in [-0.2, -0.15) is 9.90 Å². The third-order valence-electron chi connectivity index (χ3n) is 6.02. The Morgan fingerprint density at radius 3 is 2.78 bits per heavy atom. The molecule has 1 aliphatic rings. The van der Waals surface area contributed by atoms with Crippen LogP contribution >= 0.6 is 0 Å². The van der Waals surface area contributed by atoms with Crippen molar-refractivity contribution in [2.75, 3.05) is 37.4 Å². The molecule has 0 radical (unpaired) electrons. The van der Waals surface area contributed by atoms with Crippen LogP contribution in [0.1, 0.15) is 22.0 Å². The molecule has 1 aliphatic heterocycles. The number of ether oxygens (including phenoxy) is 1. The molecule has 5 rings (SSSR count). The number of carbonyl (C=O) groups is 2. The smallest absolute Gasteiger partial charge is 0.409 e. The van der Waals surface area contributed by atoms with Gasteiger partial charge >= 0.3 is 6.09 Å². The maximum absolute atomic E-state index is 13.1. The monoisotopic (exact) mass is 511 g/mol. The van der Waals surface area contributed by atoms with Crippen molar-refractivity contribution in [1.29, 1.82) is 0 Å². The Balaban J connectivity index is 1.32. The Hall–Kier alpha value is -4.62. The summed E-state index contributed by atoms with van der Waals surface area (Å²) in [6.45, 7) is 2.20. The highest BCUT2D eigenvalue weighted by Gasteiger charge is 2.34. The highest BCUT2D eigenvalue weighted by atomic mass is 19.3. The number of rotatable bonds is 7. The second kappa shape index (κ2) is 9.79. The maximum Gasteiger partial charge on any atom is 0.409 e. The molecule has 2 N–H and O–H groups in total. The number of tetrazole rings is 1. The first-order valence-electron chi connectivity index (χ1n) is 11.4. The van der Waals surface area contributed by atoms with Crippen molar-refractivity contribution >= 4 is 28.9 Å². The highest BCUT2D eigenvalue weighted by molar-refractivity contribution is 6.09. The number of nitrogens with zero attached hydrogens (tertiary/aromatic N) is 7. The van der Waals surface area contributed by atoms with E-state index in [4.69, 9.17) is 4.74 Å². The Kier molecular flexibility index (Phi) is 6.38. The van der Waals surface area contributed by atoms with Crippen molar-refractivity contribution in [3.63, 3.8) is 0 Å². The minimum Gasteiger partial charge on any atom is -0.453 e. The van der Waals surface area contributed by atoms with Gasteiger partial charge in [0.2, 0.25) is 5.82 Å². The lowest BCUT2D eigenvalue weighted by atomic mass is 10.1. The van der Waals surface area contributed by atoms with Gasteiger partial charge in [-0.25, -0.2) is 18.1 Å². The summed E-state index contributed by atoms with van der Waals surface area (Å²) in [6.07, 6.45) is 0.109. The SMILES string of the molecule is COC(=O)N1CC(n2nnc(-c3ccc(C)c(NC(=O)c4cnn5ccc(NCC(F)F)cc45)c3)n2)C1. The molecule has 12 nitrogen and oxygen atoms in total. The van der Waals surface area contributed by atoms with E-state index in [-0.39, 0.29) is 11.6 Å². The summed E-state index contributed by atoms with van der Waals surface area (Å²) in [4.78, 5) is 27.7. The summed E-state index contributed by atoms with van der Waals surface area (Å²) in [5.41, 5.74) is 3.22. The van der Waals surface area contributed by atoms with Crippen molar-refractivity contribution in [2.24, 2.45) is 0 Å². The average molecular weight is 511 g/mol. The number of likely N-dealkylation sites (tertiary alicyclic amines) is 1. The van der Waals surface area contributed by atoms with E-state index in [1.54, 1.807) is 24.4 Å². The summed E-state index contributed by atoms with van der Waals surface area (Å²) in [6, 6.07) is 8.50. The van der Waals surface area contributed by atoms with Crippen molar-refractivity contribution in [2.45, 2.75) is 19.4 Å². The van der Waals surface area contributed by atoms with Gasteiger partial charge in [-0.05, 0) is 35.9 Å². The molecule has 0 spiro atoms. The van der Waals surface area contributed by atoms with Gasteiger partial charge in [0.15, 0.2) is 0 Å². The molecule has 14 heteroatoms. The lowest BCUT2D eigenvalue weighted by molar-refractivity contribution is 0.0621. The number of amides is 2. The fraction of sp³-hybridized carbons (Fsp3) is 0.304. The number of hydrogen-bond donors (Lipinski definition) is 2. The summed E-state index contributed by atoms with van der Waals surface area (Å²) in [5, 5.41) is 22.4. The molecule has 1 saturated heterocycles. The van der Waals surface area contributed by atoms with Crippen LogP contribution in [0.25, 0.3) is 16.9 Å². The number of anilines is 2. The minimum atomic E-state index is -2.50. The molecule has 1 aromatic carbocycles. The molecule has 192 valence electrons. The zero-order chi connectivity index (χ0) is 26.1. The summed E-state index contributed by atoms with van der Waals surface area (Å²) < 4.78 is 31.3. The Morgan fingerprint density at radius 2 is 2.03 bits per heavy atom. The van der Waals surface area contributed by atoms with E-state index in [0.717, 1.165) is 5.56 Å². The van der Waals surface area contributed by atoms with E-state index < -0.39 is 25.0 Å². The minimum absolute atomic E-state index is 0.0966. The predicted molar refractivity (Wildman–Crippen MR) is 129 cm³/mol. The van der Waals surface area contributed by atoms with Crippen LogP contribution in [0, 0.1) is 6.92 Å². The summed E-state index contributed by atoms with van der Waals surface area (Å²) in [7, 11) is 1.33. The Bertz CT molecular complexity index is 1460. The highest BCUT2D eigenvalue weighted by Crippen LogP contribution is 2.26. The van der Waals surface area contributed by atoms with E-state index in [1.807, 2.05) is 19.1 Å². The molecule has 1 fully saturated rings. The number of pyridine rings is 1. The summed E-state index contributed by atoms with van der Waals surface area (Å²) in [5.74, 6) is -0.0343. The maximum atomic E-state index is 13.1. The number of nitrogens with one attached hydrogen (secondary N) is 2. The molecule has 0 saturated carbocycles. The van der Waals surface area contributed by atoms with Crippen LogP contribution in [-0.2, 0) is 4.74 Å². The number of halogens is 2. The third-order valence-corrected chi connectivity index (χ3v) is 6.02. The zero-order valence-corrected chi connectivity index (χ0v) is 19.9. The number of benzene rings is 1. The number of aryl methyl sites for hydroxylation is 1. The quantitative estimate of drug-likeness (QED) is 0.387. The second-order valence-electron chi connectivity index (χ2n) is 8.52. The number of carbonyl (C=O) groups excluding carboxylic acids is 2. The molecule has 3 aromatic heterocycles. The van der Waals surface area contributed by atoms with Gasteiger partial charge in [-0.3, -0.25) is 4.79 Å². The molecule has 0 unspecified atom stereocenters. The first-order valence-corrected chi connectivity index (χ1v) is 11.4. The molecule has 0 bridgehead atoms. The largest absolute Gasteiger partial charge is 0.453 e. The molecule has 4 aromatic rings. The van der Waals surface area contributed by atoms with E-state index in [9.17, 15) is 18.4 Å². The van der Waals surface area contributed by atoms with Crippen molar-refractivity contribution in [1.82, 2.24) is 34.7 Å². The molecular formula is C23H23F2N9O3. The van der Waals surface area contributed by atoms with Crippen molar-refractivity contribution < 1.29 is 23.1 Å². The van der Waals surface area contributed by atoms with Crippen LogP contribution < -0.4 is 10.6 Å². The normalized spacial score (nSPS) is 13.6. The topological polar surface area (TPSA) is 132 Å². The zero-order valence-electron chi connectivity index (χ0n) is 19.9. The molecule has 2 amide bonds. The van der Waals surface area contributed by atoms with Gasteiger partial charge in [0.25, 0.3) is 12.3 Å². The number of fused-ring (bicyclic) bond motifs is 1. The first-order chi connectivity index (χ1) is 17.8. The summed E-state index contributed by atoms with van der Waals surface area (Å²) >= 11 is 0. The predicted octanol–water partition coefficient (Wildman–Crippen LogP) is 2.85. The average Bonchev–Trinajstić information content (AvgIpc) is 3.50. The van der Waals surface area contributed by atoms with E-state index in [1.165, 1.54) is 27.5 Å². The number of hydrogen-bond acceptors (Lipinski definition) is 8. The van der Waals surface area contributed by atoms with Gasteiger partial charge < -0.3 is 20.3 Å². The van der Waals surface area contributed by atoms with E-state index in [2.05, 4.69) is 31.1 Å². The first kappa shape index (κ1) is 24.1. The van der Waals surface area contributed by atoms with Crippen LogP contribution in [0.4, 0.5) is 25.0 Å². The van der Waals surface area contributed by atoms with Gasteiger partial charge in [0.1, 0.15) is 6.04 Å². The fourth-order valence-corrected chi connectivity index (χ4v) is 3.92. The number of aromatic nitrogens is 6. The van der Waals surface area contributed by atoms with Gasteiger partial charge in [0, 0.05) is 23.1 Å². The van der Waals surface area contributed by atoms with E-state index in [0.29, 0.717) is 41.4 Å². The Labute approximate surface area is 209 Å². The number of methoxy groups -OCH3 is 1. The van der Waals surface area contributed by atoms with Gasteiger partial charge in [0.05, 0.1) is 44.0 Å². The van der Waals surface area contributed by atoms with Crippen molar-refractivity contribution in [3.8, 4) is 11.4 Å². The van der Waals surface area contributed by atoms with Gasteiger partial charge in [-0.1, -0.05) is 12.1 Å². The third kappa shape index (κ3) is 4.90. The standard InChI is InChI=1S/C23H23F2N9O3/c1-13-3-4-14(21-29-31-34(30-21)16-11-32(12-16)23(36)37-2)7-18(13)28-22(35)17-9-27-33-6-5-15(8-19(17)33)26-10-20(24)25/h3-9,16,20,26H,10-12H2,1-2H3,(H,28,35). The van der Waals surface area contributed by atoms with Crippen LogP contribution in [0.2, 0.25) is 0 Å². The molecule has 4 heterocycles. The fourth-order valence-electron chi connectivity index (χ4n) is 3.92. The van der Waals surface area contributed by atoms with Crippen LogP contribution in [0.3, 0.4) is 0 Å². The molecule has 0 aliphatic carbocycles. The molecule has 0 atom stereocenters.